The molecule has 1 aromatic heterocycles. The molecule has 208 valence electrons. The van der Waals surface area contributed by atoms with Crippen LogP contribution in [0.1, 0.15) is 72.3 Å². The lowest BCUT2D eigenvalue weighted by molar-refractivity contribution is -0.158. The van der Waals surface area contributed by atoms with E-state index in [1.165, 1.54) is 0 Å². The number of amides is 3. The molecule has 0 unspecified atom stereocenters. The number of fused-ring (bicyclic) bond motifs is 1. The smallest absolute Gasteiger partial charge is 0.329 e. The predicted molar refractivity (Wildman–Crippen MR) is 146 cm³/mol. The molecule has 0 radical (unpaired) electrons. The van der Waals surface area contributed by atoms with Gasteiger partial charge in [0, 0.05) is 23.5 Å². The van der Waals surface area contributed by atoms with Crippen LogP contribution in [0.3, 0.4) is 0 Å². The first-order valence-corrected chi connectivity index (χ1v) is 13.8. The number of aromatic amines is 1. The van der Waals surface area contributed by atoms with Gasteiger partial charge in [-0.05, 0) is 36.8 Å². The first kappa shape index (κ1) is 29.2. The molecular formula is C29H42N4O5. The fourth-order valence-electron chi connectivity index (χ4n) is 4.79. The first-order valence-electron chi connectivity index (χ1n) is 13.8. The molecule has 1 saturated heterocycles. The zero-order valence-electron chi connectivity index (χ0n) is 23.1. The zero-order chi connectivity index (χ0) is 27.8. The van der Waals surface area contributed by atoms with E-state index in [0.29, 0.717) is 6.42 Å². The van der Waals surface area contributed by atoms with Gasteiger partial charge in [0.05, 0.1) is 6.42 Å². The van der Waals surface area contributed by atoms with Gasteiger partial charge in [0.15, 0.2) is 0 Å². The number of carbonyl (C=O) groups is 4. The maximum absolute atomic E-state index is 13.4. The molecule has 9 heteroatoms. The summed E-state index contributed by atoms with van der Waals surface area (Å²) in [6.45, 7) is 9.41. The lowest BCUT2D eigenvalue weighted by Gasteiger charge is -2.29. The second-order valence-electron chi connectivity index (χ2n) is 10.6. The van der Waals surface area contributed by atoms with Crippen molar-refractivity contribution in [3.05, 3.63) is 36.0 Å². The highest BCUT2D eigenvalue weighted by molar-refractivity contribution is 5.94. The third-order valence-electron chi connectivity index (χ3n) is 7.57. The molecule has 1 aromatic carbocycles. The Morgan fingerprint density at radius 2 is 1.71 bits per heavy atom. The van der Waals surface area contributed by atoms with Gasteiger partial charge in [-0.3, -0.25) is 14.4 Å². The Kier molecular flexibility index (Phi) is 10.3. The molecule has 1 aliphatic heterocycles. The van der Waals surface area contributed by atoms with E-state index in [-0.39, 0.29) is 30.6 Å². The van der Waals surface area contributed by atoms with E-state index < -0.39 is 42.0 Å². The summed E-state index contributed by atoms with van der Waals surface area (Å²) in [5.74, 6) is -2.13. The van der Waals surface area contributed by atoms with Crippen LogP contribution in [0.2, 0.25) is 0 Å². The molecule has 6 atom stereocenters. The predicted octanol–water partition coefficient (Wildman–Crippen LogP) is 3.37. The molecule has 3 rings (SSSR count). The summed E-state index contributed by atoms with van der Waals surface area (Å²) >= 11 is 0. The topological polar surface area (TPSA) is 129 Å². The van der Waals surface area contributed by atoms with Gasteiger partial charge in [-0.2, -0.15) is 0 Å². The quantitative estimate of drug-likeness (QED) is 0.392. The SMILES string of the molecule is CCCC[C@H](C)[C@H]1CC(=O)N[C@H](Cc2c[nH]c3ccccc23)C(=O)N[C@@H](C)C(=O)N[C@H]([C@@H](C)CC)C(=O)O1. The second kappa shape index (κ2) is 13.4. The summed E-state index contributed by atoms with van der Waals surface area (Å²) in [5.41, 5.74) is 1.80. The summed E-state index contributed by atoms with van der Waals surface area (Å²) in [4.78, 5) is 56.1. The number of para-hydroxylation sites is 1. The number of carbonyl (C=O) groups excluding carboxylic acids is 4. The number of unbranched alkanes of at least 4 members (excludes halogenated alkanes) is 1. The molecule has 2 heterocycles. The summed E-state index contributed by atoms with van der Waals surface area (Å²) < 4.78 is 5.91. The van der Waals surface area contributed by atoms with Crippen molar-refractivity contribution < 1.29 is 23.9 Å². The van der Waals surface area contributed by atoms with Crippen LogP contribution in [0.25, 0.3) is 10.9 Å². The van der Waals surface area contributed by atoms with Crippen molar-refractivity contribution in [3.63, 3.8) is 0 Å². The Morgan fingerprint density at radius 1 is 0.974 bits per heavy atom. The molecule has 0 saturated carbocycles. The molecule has 3 amide bonds. The van der Waals surface area contributed by atoms with Crippen LogP contribution in [0.5, 0.6) is 0 Å². The third-order valence-corrected chi connectivity index (χ3v) is 7.57. The Hall–Kier alpha value is -3.36. The molecular weight excluding hydrogens is 484 g/mol. The number of hydrogen-bond donors (Lipinski definition) is 4. The van der Waals surface area contributed by atoms with Crippen LogP contribution in [0.4, 0.5) is 0 Å². The van der Waals surface area contributed by atoms with E-state index in [2.05, 4.69) is 27.9 Å². The average Bonchev–Trinajstić information content (AvgIpc) is 3.31. The van der Waals surface area contributed by atoms with E-state index in [1.807, 2.05) is 51.2 Å². The maximum atomic E-state index is 13.4. The van der Waals surface area contributed by atoms with Gasteiger partial charge in [0.1, 0.15) is 24.2 Å². The number of aromatic nitrogens is 1. The van der Waals surface area contributed by atoms with Gasteiger partial charge in [0.2, 0.25) is 17.7 Å². The normalized spacial score (nSPS) is 25.2. The molecule has 0 spiro atoms. The highest BCUT2D eigenvalue weighted by Crippen LogP contribution is 2.22. The first-order chi connectivity index (χ1) is 18.1. The van der Waals surface area contributed by atoms with Crippen LogP contribution >= 0.6 is 0 Å². The monoisotopic (exact) mass is 526 g/mol. The molecule has 0 bridgehead atoms. The van der Waals surface area contributed by atoms with Crippen molar-refractivity contribution in [2.24, 2.45) is 11.8 Å². The number of ether oxygens (including phenoxy) is 1. The number of cyclic esters (lactones) is 1. The minimum Gasteiger partial charge on any atom is -0.460 e. The van der Waals surface area contributed by atoms with Gasteiger partial charge in [0.25, 0.3) is 0 Å². The van der Waals surface area contributed by atoms with Gasteiger partial charge >= 0.3 is 5.97 Å². The number of benzene rings is 1. The molecule has 0 aliphatic carbocycles. The zero-order valence-corrected chi connectivity index (χ0v) is 23.1. The minimum atomic E-state index is -0.913. The number of hydrogen-bond acceptors (Lipinski definition) is 5. The van der Waals surface area contributed by atoms with E-state index in [1.54, 1.807) is 6.92 Å². The summed E-state index contributed by atoms with van der Waals surface area (Å²) in [6, 6.07) is 5.03. The van der Waals surface area contributed by atoms with Crippen molar-refractivity contribution in [1.29, 1.82) is 0 Å². The number of esters is 1. The average molecular weight is 527 g/mol. The van der Waals surface area contributed by atoms with Crippen molar-refractivity contribution >= 4 is 34.6 Å². The highest BCUT2D eigenvalue weighted by Gasteiger charge is 2.35. The van der Waals surface area contributed by atoms with E-state index >= 15 is 0 Å². The summed E-state index contributed by atoms with van der Waals surface area (Å²) in [5, 5.41) is 9.33. The van der Waals surface area contributed by atoms with E-state index in [4.69, 9.17) is 4.74 Å². The molecule has 38 heavy (non-hydrogen) atoms. The molecule has 1 fully saturated rings. The number of nitrogens with one attached hydrogen (secondary N) is 4. The fraction of sp³-hybridized carbons (Fsp3) is 0.586. The highest BCUT2D eigenvalue weighted by atomic mass is 16.5. The largest absolute Gasteiger partial charge is 0.460 e. The molecule has 1 aliphatic rings. The molecule has 9 nitrogen and oxygen atoms in total. The number of H-pyrrole nitrogens is 1. The van der Waals surface area contributed by atoms with Crippen molar-refractivity contribution in [2.45, 2.75) is 97.4 Å². The van der Waals surface area contributed by atoms with Crippen molar-refractivity contribution in [3.8, 4) is 0 Å². The van der Waals surface area contributed by atoms with Gasteiger partial charge in [-0.1, -0.05) is 65.2 Å². The van der Waals surface area contributed by atoms with Gasteiger partial charge in [-0.25, -0.2) is 4.79 Å². The standard InChI is InChI=1S/C29H42N4O5/c1-6-8-11-18(4)24-15-25(34)32-23(14-20-16-30-22-13-10-9-12-21(20)22)28(36)31-19(5)27(35)33-26(17(3)7-2)29(37)38-24/h9-10,12-13,16-19,23-24,26,30H,6-8,11,14-15H2,1-5H3,(H,31,36)(H,32,34)(H,33,35)/t17-,18-,19-,23+,24+,26+/m0/s1. The molecule has 2 aromatic rings. The molecule has 4 N–H and O–H groups in total. The van der Waals surface area contributed by atoms with Crippen molar-refractivity contribution in [2.75, 3.05) is 0 Å². The van der Waals surface area contributed by atoms with Gasteiger partial charge in [-0.15, -0.1) is 0 Å². The lowest BCUT2D eigenvalue weighted by atomic mass is 9.94. The van der Waals surface area contributed by atoms with Crippen LogP contribution in [-0.4, -0.2) is 52.9 Å². The van der Waals surface area contributed by atoms with Crippen LogP contribution in [-0.2, 0) is 30.3 Å². The van der Waals surface area contributed by atoms with Crippen LogP contribution in [0, 0.1) is 11.8 Å². The lowest BCUT2D eigenvalue weighted by Crippen LogP contribution is -2.55. The van der Waals surface area contributed by atoms with Crippen molar-refractivity contribution in [1.82, 2.24) is 20.9 Å². The summed E-state index contributed by atoms with van der Waals surface area (Å²) in [6.07, 6.45) is 4.68. The van der Waals surface area contributed by atoms with Crippen LogP contribution < -0.4 is 16.0 Å². The fourth-order valence-corrected chi connectivity index (χ4v) is 4.79. The Morgan fingerprint density at radius 3 is 2.42 bits per heavy atom. The maximum Gasteiger partial charge on any atom is 0.329 e. The summed E-state index contributed by atoms with van der Waals surface area (Å²) in [7, 11) is 0. The van der Waals surface area contributed by atoms with Crippen LogP contribution in [0.15, 0.2) is 30.5 Å². The van der Waals surface area contributed by atoms with E-state index in [9.17, 15) is 19.2 Å². The Labute approximate surface area is 224 Å². The third kappa shape index (κ3) is 7.36. The number of rotatable bonds is 8. The van der Waals surface area contributed by atoms with E-state index in [0.717, 1.165) is 35.7 Å². The second-order valence-corrected chi connectivity index (χ2v) is 10.6. The van der Waals surface area contributed by atoms with Gasteiger partial charge < -0.3 is 25.7 Å². The Balaban J connectivity index is 1.93. The Bertz CT molecular complexity index is 1130. The minimum absolute atomic E-state index is 0.0645.